The average Bonchev–Trinajstić information content (AvgIpc) is 2.50. The smallest absolute Gasteiger partial charge is 0.315 e. The van der Waals surface area contributed by atoms with Gasteiger partial charge in [0.25, 0.3) is 0 Å². The molecule has 6 heteroatoms. The summed E-state index contributed by atoms with van der Waals surface area (Å²) in [5.74, 6) is -0.877. The third-order valence-electron chi connectivity index (χ3n) is 3.94. The van der Waals surface area contributed by atoms with E-state index in [1.54, 1.807) is 6.92 Å². The Morgan fingerprint density at radius 2 is 1.84 bits per heavy atom. The Morgan fingerprint density at radius 3 is 2.40 bits per heavy atom. The van der Waals surface area contributed by atoms with Crippen LogP contribution in [0.5, 0.6) is 0 Å². The molecule has 2 unspecified atom stereocenters. The molecule has 0 aliphatic carbocycles. The molecule has 0 saturated heterocycles. The van der Waals surface area contributed by atoms with E-state index in [1.165, 1.54) is 0 Å². The van der Waals surface area contributed by atoms with Crippen molar-refractivity contribution in [2.24, 2.45) is 5.41 Å². The Bertz CT molecular complexity index is 544. The molecule has 0 aliphatic rings. The van der Waals surface area contributed by atoms with Crippen LogP contribution in [0.4, 0.5) is 4.79 Å². The number of carbonyl (C=O) groups excluding carboxylic acids is 1. The van der Waals surface area contributed by atoms with Crippen molar-refractivity contribution in [2.75, 3.05) is 6.54 Å². The molecule has 0 spiro atoms. The lowest BCUT2D eigenvalue weighted by Crippen LogP contribution is -2.46. The lowest BCUT2D eigenvalue weighted by Gasteiger charge is -2.27. The molecule has 0 radical (unpaired) electrons. The molecule has 0 bridgehead atoms. The monoisotopic (exact) mass is 350 g/mol. The van der Waals surface area contributed by atoms with Crippen LogP contribution in [0.3, 0.4) is 0 Å². The number of amides is 2. The summed E-state index contributed by atoms with van der Waals surface area (Å²) >= 11 is 0. The standard InChI is InChI=1S/C19H30N2O4/c1-14(22)12-19(2,3)13-20-18(25)21-16(9-10-17(23)24)11-15-7-5-4-6-8-15/h4-8,14,16,22H,9-13H2,1-3H3,(H,23,24)(H2,20,21,25). The van der Waals surface area contributed by atoms with E-state index in [0.717, 1.165) is 5.56 Å². The molecule has 0 fully saturated rings. The fourth-order valence-electron chi connectivity index (χ4n) is 2.85. The van der Waals surface area contributed by atoms with Gasteiger partial charge in [0.2, 0.25) is 0 Å². The van der Waals surface area contributed by atoms with Gasteiger partial charge in [0.05, 0.1) is 6.10 Å². The maximum atomic E-state index is 12.2. The van der Waals surface area contributed by atoms with E-state index >= 15 is 0 Å². The van der Waals surface area contributed by atoms with E-state index in [0.29, 0.717) is 25.8 Å². The Labute approximate surface area is 149 Å². The maximum absolute atomic E-state index is 12.2. The first-order chi connectivity index (χ1) is 11.7. The SMILES string of the molecule is CC(O)CC(C)(C)CNC(=O)NC(CCC(=O)O)Cc1ccccc1. The van der Waals surface area contributed by atoms with Crippen molar-refractivity contribution in [1.29, 1.82) is 0 Å². The summed E-state index contributed by atoms with van der Waals surface area (Å²) in [6, 6.07) is 9.10. The number of carboxylic acid groups (broad SMARTS) is 1. The first-order valence-corrected chi connectivity index (χ1v) is 8.66. The largest absolute Gasteiger partial charge is 0.481 e. The van der Waals surface area contributed by atoms with Crippen molar-refractivity contribution in [3.05, 3.63) is 35.9 Å². The number of aliphatic hydroxyl groups is 1. The van der Waals surface area contributed by atoms with Crippen LogP contribution < -0.4 is 10.6 Å². The van der Waals surface area contributed by atoms with Crippen molar-refractivity contribution < 1.29 is 19.8 Å². The van der Waals surface area contributed by atoms with Crippen LogP contribution in [0.1, 0.15) is 45.6 Å². The van der Waals surface area contributed by atoms with Gasteiger partial charge in [-0.05, 0) is 37.2 Å². The van der Waals surface area contributed by atoms with E-state index in [4.69, 9.17) is 5.11 Å². The number of hydrogen-bond acceptors (Lipinski definition) is 3. The Kier molecular flexibility index (Phi) is 8.41. The number of nitrogens with one attached hydrogen (secondary N) is 2. The zero-order chi connectivity index (χ0) is 18.9. The van der Waals surface area contributed by atoms with Crippen molar-refractivity contribution in [2.45, 2.75) is 58.6 Å². The fraction of sp³-hybridized carbons (Fsp3) is 0.579. The molecular formula is C19H30N2O4. The summed E-state index contributed by atoms with van der Waals surface area (Å²) < 4.78 is 0. The summed E-state index contributed by atoms with van der Waals surface area (Å²) in [5.41, 5.74) is 0.828. The van der Waals surface area contributed by atoms with Crippen LogP contribution in [0.15, 0.2) is 30.3 Å². The molecule has 0 heterocycles. The summed E-state index contributed by atoms with van der Waals surface area (Å²) in [7, 11) is 0. The van der Waals surface area contributed by atoms with Crippen LogP contribution >= 0.6 is 0 Å². The molecule has 4 N–H and O–H groups in total. The normalized spacial score (nSPS) is 13.8. The molecule has 2 amide bonds. The predicted octanol–water partition coefficient (Wildman–Crippen LogP) is 2.56. The van der Waals surface area contributed by atoms with E-state index in [2.05, 4.69) is 10.6 Å². The first kappa shape index (κ1) is 21.0. The second-order valence-electron chi connectivity index (χ2n) is 7.36. The van der Waals surface area contributed by atoms with Gasteiger partial charge in [0.15, 0.2) is 0 Å². The van der Waals surface area contributed by atoms with Crippen molar-refractivity contribution in [3.8, 4) is 0 Å². The molecule has 6 nitrogen and oxygen atoms in total. The third kappa shape index (κ3) is 9.72. The van der Waals surface area contributed by atoms with Crippen LogP contribution in [-0.2, 0) is 11.2 Å². The van der Waals surface area contributed by atoms with Gasteiger partial charge < -0.3 is 20.8 Å². The van der Waals surface area contributed by atoms with Crippen molar-refractivity contribution in [3.63, 3.8) is 0 Å². The van der Waals surface area contributed by atoms with Gasteiger partial charge >= 0.3 is 12.0 Å². The molecule has 1 rings (SSSR count). The molecule has 1 aromatic carbocycles. The second-order valence-corrected chi connectivity index (χ2v) is 7.36. The summed E-state index contributed by atoms with van der Waals surface area (Å²) in [5, 5.41) is 24.1. The topological polar surface area (TPSA) is 98.7 Å². The number of carbonyl (C=O) groups is 2. The van der Waals surface area contributed by atoms with Crippen LogP contribution in [0, 0.1) is 5.41 Å². The number of urea groups is 1. The minimum absolute atomic E-state index is 0.00526. The highest BCUT2D eigenvalue weighted by Gasteiger charge is 2.22. The summed E-state index contributed by atoms with van der Waals surface area (Å²) in [6.45, 7) is 6.11. The van der Waals surface area contributed by atoms with E-state index in [9.17, 15) is 14.7 Å². The van der Waals surface area contributed by atoms with E-state index < -0.39 is 12.1 Å². The molecule has 0 aliphatic heterocycles. The molecular weight excluding hydrogens is 320 g/mol. The van der Waals surface area contributed by atoms with Gasteiger partial charge in [-0.25, -0.2) is 4.79 Å². The lowest BCUT2D eigenvalue weighted by atomic mass is 9.87. The lowest BCUT2D eigenvalue weighted by molar-refractivity contribution is -0.137. The van der Waals surface area contributed by atoms with Crippen LogP contribution in [0.25, 0.3) is 0 Å². The summed E-state index contributed by atoms with van der Waals surface area (Å²) in [4.78, 5) is 23.0. The molecule has 2 atom stereocenters. The van der Waals surface area contributed by atoms with E-state index in [-0.39, 0.29) is 23.9 Å². The average molecular weight is 350 g/mol. The van der Waals surface area contributed by atoms with Gasteiger partial charge in [-0.1, -0.05) is 44.2 Å². The number of aliphatic hydroxyl groups excluding tert-OH is 1. The van der Waals surface area contributed by atoms with Gasteiger partial charge in [0.1, 0.15) is 0 Å². The fourth-order valence-corrected chi connectivity index (χ4v) is 2.85. The molecule has 0 aromatic heterocycles. The zero-order valence-corrected chi connectivity index (χ0v) is 15.3. The number of carboxylic acids is 1. The van der Waals surface area contributed by atoms with Crippen LogP contribution in [-0.4, -0.2) is 40.9 Å². The minimum atomic E-state index is -0.877. The highest BCUT2D eigenvalue weighted by Crippen LogP contribution is 2.21. The number of rotatable bonds is 10. The predicted molar refractivity (Wildman–Crippen MR) is 97.4 cm³/mol. The highest BCUT2D eigenvalue weighted by molar-refractivity contribution is 5.74. The minimum Gasteiger partial charge on any atom is -0.481 e. The first-order valence-electron chi connectivity index (χ1n) is 8.66. The quantitative estimate of drug-likeness (QED) is 0.521. The van der Waals surface area contributed by atoms with Crippen LogP contribution in [0.2, 0.25) is 0 Å². The third-order valence-corrected chi connectivity index (χ3v) is 3.94. The molecule has 140 valence electrons. The maximum Gasteiger partial charge on any atom is 0.315 e. The van der Waals surface area contributed by atoms with Gasteiger partial charge in [0, 0.05) is 19.0 Å². The van der Waals surface area contributed by atoms with Gasteiger partial charge in [-0.3, -0.25) is 4.79 Å². The highest BCUT2D eigenvalue weighted by atomic mass is 16.4. The molecule has 25 heavy (non-hydrogen) atoms. The van der Waals surface area contributed by atoms with Gasteiger partial charge in [-0.2, -0.15) is 0 Å². The molecule has 0 saturated carbocycles. The summed E-state index contributed by atoms with van der Waals surface area (Å²) in [6.07, 6.45) is 1.11. The number of aliphatic carboxylic acids is 1. The second kappa shape index (κ2) is 10.0. The van der Waals surface area contributed by atoms with E-state index in [1.807, 2.05) is 44.2 Å². The zero-order valence-electron chi connectivity index (χ0n) is 15.3. The number of benzene rings is 1. The Balaban J connectivity index is 2.57. The van der Waals surface area contributed by atoms with Crippen molar-refractivity contribution >= 4 is 12.0 Å². The van der Waals surface area contributed by atoms with Crippen molar-refractivity contribution in [1.82, 2.24) is 10.6 Å². The van der Waals surface area contributed by atoms with Gasteiger partial charge in [-0.15, -0.1) is 0 Å². The Morgan fingerprint density at radius 1 is 1.20 bits per heavy atom. The Hall–Kier alpha value is -2.08. The molecule has 1 aromatic rings. The number of hydrogen-bond donors (Lipinski definition) is 4.